The first-order chi connectivity index (χ1) is 11.8. The van der Waals surface area contributed by atoms with Gasteiger partial charge in [-0.3, -0.25) is 0 Å². The first kappa shape index (κ1) is 17.1. The lowest BCUT2D eigenvalue weighted by atomic mass is 9.85. The van der Waals surface area contributed by atoms with E-state index in [4.69, 9.17) is 4.74 Å². The van der Waals surface area contributed by atoms with E-state index < -0.39 is 0 Å². The molecule has 132 valence electrons. The normalized spacial score (nSPS) is 24.0. The zero-order valence-corrected chi connectivity index (χ0v) is 14.2. The van der Waals surface area contributed by atoms with Crippen molar-refractivity contribution in [3.8, 4) is 5.75 Å². The summed E-state index contributed by atoms with van der Waals surface area (Å²) >= 11 is 0. The van der Waals surface area contributed by atoms with E-state index in [1.165, 1.54) is 6.42 Å². The van der Waals surface area contributed by atoms with Crippen LogP contribution in [0, 0.1) is 5.92 Å². The van der Waals surface area contributed by atoms with E-state index in [9.17, 15) is 9.90 Å². The molecule has 1 aromatic rings. The minimum atomic E-state index is -0.168. The molecular formula is C19H28N2O3. The third-order valence-electron chi connectivity index (χ3n) is 5.22. The number of carbonyl (C=O) groups is 1. The first-order valence-electron chi connectivity index (χ1n) is 9.16. The Labute approximate surface area is 143 Å². The maximum absolute atomic E-state index is 12.2. The van der Waals surface area contributed by atoms with E-state index in [2.05, 4.69) is 10.6 Å². The molecule has 0 heterocycles. The van der Waals surface area contributed by atoms with Crippen LogP contribution in [0.15, 0.2) is 24.3 Å². The molecule has 3 N–H and O–H groups in total. The smallest absolute Gasteiger partial charge is 0.315 e. The number of amides is 2. The van der Waals surface area contributed by atoms with E-state index in [0.717, 1.165) is 49.8 Å². The molecule has 2 amide bonds. The van der Waals surface area contributed by atoms with Crippen molar-refractivity contribution in [3.63, 3.8) is 0 Å². The lowest BCUT2D eigenvalue weighted by Crippen LogP contribution is -2.47. The molecule has 5 nitrogen and oxygen atoms in total. The van der Waals surface area contributed by atoms with Crippen LogP contribution in [0.1, 0.15) is 50.5 Å². The number of urea groups is 1. The van der Waals surface area contributed by atoms with Crippen LogP contribution >= 0.6 is 0 Å². The topological polar surface area (TPSA) is 70.6 Å². The van der Waals surface area contributed by atoms with Crippen LogP contribution in [0.4, 0.5) is 4.79 Å². The predicted octanol–water partition coefficient (Wildman–Crippen LogP) is 2.97. The van der Waals surface area contributed by atoms with Gasteiger partial charge in [-0.1, -0.05) is 31.0 Å². The van der Waals surface area contributed by atoms with Crippen molar-refractivity contribution in [1.29, 1.82) is 0 Å². The molecule has 0 radical (unpaired) electrons. The van der Waals surface area contributed by atoms with Gasteiger partial charge in [0.2, 0.25) is 0 Å². The van der Waals surface area contributed by atoms with Gasteiger partial charge in [-0.25, -0.2) is 4.79 Å². The van der Waals surface area contributed by atoms with E-state index in [0.29, 0.717) is 12.6 Å². The van der Waals surface area contributed by atoms with Gasteiger partial charge < -0.3 is 20.5 Å². The summed E-state index contributed by atoms with van der Waals surface area (Å²) in [6.45, 7) is 0.592. The number of benzene rings is 1. The number of carbonyl (C=O) groups excluding carboxylic acids is 1. The van der Waals surface area contributed by atoms with Crippen LogP contribution in [-0.2, 0) is 6.54 Å². The summed E-state index contributed by atoms with van der Waals surface area (Å²) in [5.74, 6) is 1.05. The number of rotatable bonds is 6. The number of nitrogens with one attached hydrogen (secondary N) is 2. The van der Waals surface area contributed by atoms with Crippen LogP contribution in [-0.4, -0.2) is 29.9 Å². The van der Waals surface area contributed by atoms with Gasteiger partial charge in [0, 0.05) is 30.7 Å². The molecule has 2 atom stereocenters. The molecule has 5 heteroatoms. The molecule has 2 aliphatic carbocycles. The highest BCUT2D eigenvalue weighted by Gasteiger charge is 2.26. The monoisotopic (exact) mass is 332 g/mol. The summed E-state index contributed by atoms with van der Waals surface area (Å²) in [5, 5.41) is 15.4. The van der Waals surface area contributed by atoms with Gasteiger partial charge in [-0.15, -0.1) is 0 Å². The molecule has 2 aliphatic rings. The van der Waals surface area contributed by atoms with Crippen molar-refractivity contribution >= 4 is 6.03 Å². The van der Waals surface area contributed by atoms with E-state index in [1.54, 1.807) is 0 Å². The van der Waals surface area contributed by atoms with Crippen LogP contribution < -0.4 is 15.4 Å². The summed E-state index contributed by atoms with van der Waals surface area (Å²) < 4.78 is 5.99. The van der Waals surface area contributed by atoms with Gasteiger partial charge in [0.25, 0.3) is 0 Å². The number of para-hydroxylation sites is 1. The Kier molecular flexibility index (Phi) is 5.96. The zero-order chi connectivity index (χ0) is 16.8. The number of hydrogen-bond acceptors (Lipinski definition) is 3. The highest BCUT2D eigenvalue weighted by molar-refractivity contribution is 5.74. The molecular weight excluding hydrogens is 304 g/mol. The minimum absolute atomic E-state index is 0.0743. The molecule has 0 spiro atoms. The third kappa shape index (κ3) is 4.41. The van der Waals surface area contributed by atoms with Gasteiger partial charge in [-0.2, -0.15) is 0 Å². The van der Waals surface area contributed by atoms with Crippen LogP contribution in [0.25, 0.3) is 0 Å². The Balaban J connectivity index is 1.50. The molecule has 0 bridgehead atoms. The molecule has 2 fully saturated rings. The van der Waals surface area contributed by atoms with Crippen molar-refractivity contribution in [1.82, 2.24) is 10.6 Å². The second kappa shape index (κ2) is 8.38. The van der Waals surface area contributed by atoms with Crippen LogP contribution in [0.3, 0.4) is 0 Å². The van der Waals surface area contributed by atoms with E-state index >= 15 is 0 Å². The Hall–Kier alpha value is -1.75. The summed E-state index contributed by atoms with van der Waals surface area (Å²) in [4.78, 5) is 12.2. The fourth-order valence-corrected chi connectivity index (χ4v) is 3.44. The number of aliphatic hydroxyl groups is 1. The molecule has 3 rings (SSSR count). The Morgan fingerprint density at radius 3 is 2.67 bits per heavy atom. The minimum Gasteiger partial charge on any atom is -0.490 e. The molecule has 2 saturated carbocycles. The first-order valence-corrected chi connectivity index (χ1v) is 9.16. The fourth-order valence-electron chi connectivity index (χ4n) is 3.44. The average molecular weight is 332 g/mol. The average Bonchev–Trinajstić information content (AvgIpc) is 2.57. The van der Waals surface area contributed by atoms with Crippen molar-refractivity contribution in [2.75, 3.05) is 6.61 Å². The molecule has 2 unspecified atom stereocenters. The fraction of sp³-hybridized carbons (Fsp3) is 0.632. The van der Waals surface area contributed by atoms with Crippen LogP contribution in [0.5, 0.6) is 5.75 Å². The SMILES string of the molecule is O=C(NCc1ccccc1OC1CCC1)NC1CCCCC1CO. The summed E-state index contributed by atoms with van der Waals surface area (Å²) in [5.41, 5.74) is 1.00. The molecule has 0 saturated heterocycles. The second-order valence-electron chi connectivity index (χ2n) is 6.94. The van der Waals surface area contributed by atoms with Gasteiger partial charge in [0.15, 0.2) is 0 Å². The highest BCUT2D eigenvalue weighted by atomic mass is 16.5. The lowest BCUT2D eigenvalue weighted by molar-refractivity contribution is 0.119. The van der Waals surface area contributed by atoms with Crippen molar-refractivity contribution < 1.29 is 14.6 Å². The summed E-state index contributed by atoms with van der Waals surface area (Å²) in [6, 6.07) is 7.79. The quantitative estimate of drug-likeness (QED) is 0.750. The standard InChI is InChI=1S/C19H28N2O3/c22-13-15-7-1-3-10-17(15)21-19(23)20-12-14-6-2-4-11-18(14)24-16-8-5-9-16/h2,4,6,11,15-17,22H,1,3,5,7-10,12-13H2,(H2,20,21,23). The Bertz CT molecular complexity index is 545. The molecule has 1 aromatic carbocycles. The number of ether oxygens (including phenoxy) is 1. The highest BCUT2D eigenvalue weighted by Crippen LogP contribution is 2.27. The Morgan fingerprint density at radius 1 is 1.12 bits per heavy atom. The van der Waals surface area contributed by atoms with Crippen molar-refractivity contribution in [3.05, 3.63) is 29.8 Å². The number of aliphatic hydroxyl groups excluding tert-OH is 1. The van der Waals surface area contributed by atoms with E-state index in [-0.39, 0.29) is 24.6 Å². The van der Waals surface area contributed by atoms with Crippen molar-refractivity contribution in [2.45, 2.75) is 63.6 Å². The zero-order valence-electron chi connectivity index (χ0n) is 14.2. The molecule has 0 aliphatic heterocycles. The van der Waals surface area contributed by atoms with Gasteiger partial charge >= 0.3 is 6.03 Å². The predicted molar refractivity (Wildman–Crippen MR) is 92.9 cm³/mol. The van der Waals surface area contributed by atoms with Gasteiger partial charge in [0.1, 0.15) is 5.75 Å². The second-order valence-corrected chi connectivity index (χ2v) is 6.94. The third-order valence-corrected chi connectivity index (χ3v) is 5.22. The van der Waals surface area contributed by atoms with Crippen LogP contribution in [0.2, 0.25) is 0 Å². The largest absolute Gasteiger partial charge is 0.490 e. The maximum Gasteiger partial charge on any atom is 0.315 e. The molecule has 0 aromatic heterocycles. The van der Waals surface area contributed by atoms with Gasteiger partial charge in [0.05, 0.1) is 6.10 Å². The lowest BCUT2D eigenvalue weighted by Gasteiger charge is -2.31. The van der Waals surface area contributed by atoms with Gasteiger partial charge in [-0.05, 0) is 38.2 Å². The maximum atomic E-state index is 12.2. The molecule has 24 heavy (non-hydrogen) atoms. The summed E-state index contributed by atoms with van der Waals surface area (Å²) in [6.07, 6.45) is 7.98. The van der Waals surface area contributed by atoms with Crippen molar-refractivity contribution in [2.24, 2.45) is 5.92 Å². The number of hydrogen-bond donors (Lipinski definition) is 3. The van der Waals surface area contributed by atoms with E-state index in [1.807, 2.05) is 24.3 Å². The Morgan fingerprint density at radius 2 is 1.92 bits per heavy atom. The summed E-state index contributed by atoms with van der Waals surface area (Å²) in [7, 11) is 0.